The first-order valence-corrected chi connectivity index (χ1v) is 6.61. The molecule has 2 aromatic heterocycles. The summed E-state index contributed by atoms with van der Waals surface area (Å²) in [4.78, 5) is 19.6. The van der Waals surface area contributed by atoms with Crippen LogP contribution in [0, 0.1) is 6.92 Å². The highest BCUT2D eigenvalue weighted by Gasteiger charge is 1.98. The fraction of sp³-hybridized carbons (Fsp3) is 0.231. The molecule has 0 unspecified atom stereocenters. The zero-order valence-corrected chi connectivity index (χ0v) is 11.0. The molecule has 2 rings (SSSR count). The summed E-state index contributed by atoms with van der Waals surface area (Å²) in [5.41, 5.74) is 2.22. The van der Waals surface area contributed by atoms with Crippen molar-refractivity contribution in [2.75, 3.05) is 6.54 Å². The lowest BCUT2D eigenvalue weighted by Crippen LogP contribution is -2.23. The second-order valence-electron chi connectivity index (χ2n) is 3.92. The third kappa shape index (κ3) is 3.56. The van der Waals surface area contributed by atoms with Gasteiger partial charge >= 0.3 is 0 Å². The van der Waals surface area contributed by atoms with E-state index in [4.69, 9.17) is 0 Å². The average molecular weight is 261 g/mol. The Morgan fingerprint density at radius 1 is 1.61 bits per heavy atom. The number of nitrogens with zero attached hydrogens (tertiary/aromatic N) is 1. The van der Waals surface area contributed by atoms with Crippen LogP contribution < -0.4 is 5.32 Å². The molecule has 4 nitrogen and oxygen atoms in total. The number of aryl methyl sites for hydroxylation is 1. The Bertz CT molecular complexity index is 528. The number of imidazole rings is 1. The topological polar surface area (TPSA) is 57.8 Å². The molecule has 0 atom stereocenters. The molecule has 94 valence electrons. The number of carbonyl (C=O) groups excluding carboxylic acids is 1. The molecule has 0 aliphatic carbocycles. The van der Waals surface area contributed by atoms with E-state index < -0.39 is 0 Å². The van der Waals surface area contributed by atoms with Gasteiger partial charge in [0.2, 0.25) is 5.91 Å². The zero-order valence-electron chi connectivity index (χ0n) is 10.1. The standard InChI is InChI=1S/C13H15N3OS/c1-10-5-7-18-12(10)2-3-13(17)15-6-4-11-8-14-9-16-11/h2-3,5,7-9H,4,6H2,1H3,(H,14,16)(H,15,17). The van der Waals surface area contributed by atoms with Gasteiger partial charge in [-0.15, -0.1) is 11.3 Å². The molecular weight excluding hydrogens is 246 g/mol. The van der Waals surface area contributed by atoms with Crippen LogP contribution in [0.15, 0.2) is 30.0 Å². The molecule has 0 saturated heterocycles. The Kier molecular flexibility index (Phi) is 4.30. The predicted octanol–water partition coefficient (Wildman–Crippen LogP) is 2.15. The number of H-pyrrole nitrogens is 1. The van der Waals surface area contributed by atoms with Gasteiger partial charge in [0.25, 0.3) is 0 Å². The second-order valence-corrected chi connectivity index (χ2v) is 4.87. The van der Waals surface area contributed by atoms with Crippen molar-refractivity contribution in [3.63, 3.8) is 0 Å². The highest BCUT2D eigenvalue weighted by atomic mass is 32.1. The molecular formula is C13H15N3OS. The van der Waals surface area contributed by atoms with Crippen LogP contribution in [-0.4, -0.2) is 22.4 Å². The van der Waals surface area contributed by atoms with Gasteiger partial charge in [0.05, 0.1) is 6.33 Å². The number of amides is 1. The van der Waals surface area contributed by atoms with Gasteiger partial charge < -0.3 is 10.3 Å². The molecule has 0 aromatic carbocycles. The molecule has 2 N–H and O–H groups in total. The number of hydrogen-bond acceptors (Lipinski definition) is 3. The van der Waals surface area contributed by atoms with Crippen LogP contribution in [0.3, 0.4) is 0 Å². The minimum atomic E-state index is -0.0673. The van der Waals surface area contributed by atoms with E-state index in [1.165, 1.54) is 5.56 Å². The molecule has 1 amide bonds. The molecule has 0 aliphatic heterocycles. The summed E-state index contributed by atoms with van der Waals surface area (Å²) in [5.74, 6) is -0.0673. The Morgan fingerprint density at radius 2 is 2.50 bits per heavy atom. The number of aromatic amines is 1. The van der Waals surface area contributed by atoms with E-state index in [-0.39, 0.29) is 5.91 Å². The quantitative estimate of drug-likeness (QED) is 0.810. The summed E-state index contributed by atoms with van der Waals surface area (Å²) in [6.07, 6.45) is 7.59. The van der Waals surface area contributed by atoms with E-state index in [1.54, 1.807) is 29.9 Å². The van der Waals surface area contributed by atoms with Crippen LogP contribution in [0.2, 0.25) is 0 Å². The lowest BCUT2D eigenvalue weighted by molar-refractivity contribution is -0.116. The first kappa shape index (κ1) is 12.6. The van der Waals surface area contributed by atoms with Gasteiger partial charge in [0, 0.05) is 35.8 Å². The number of aromatic nitrogens is 2. The third-order valence-electron chi connectivity index (χ3n) is 2.54. The van der Waals surface area contributed by atoms with Crippen molar-refractivity contribution < 1.29 is 4.79 Å². The normalized spacial score (nSPS) is 10.9. The Hall–Kier alpha value is -1.88. The Balaban J connectivity index is 1.75. The van der Waals surface area contributed by atoms with Gasteiger partial charge in [-0.3, -0.25) is 4.79 Å². The number of nitrogens with one attached hydrogen (secondary N) is 2. The smallest absolute Gasteiger partial charge is 0.244 e. The van der Waals surface area contributed by atoms with Crippen molar-refractivity contribution in [2.45, 2.75) is 13.3 Å². The van der Waals surface area contributed by atoms with Gasteiger partial charge in [0.1, 0.15) is 0 Å². The van der Waals surface area contributed by atoms with Gasteiger partial charge in [-0.25, -0.2) is 4.98 Å². The first-order valence-electron chi connectivity index (χ1n) is 5.73. The van der Waals surface area contributed by atoms with E-state index >= 15 is 0 Å². The number of rotatable bonds is 5. The minimum Gasteiger partial charge on any atom is -0.352 e. The summed E-state index contributed by atoms with van der Waals surface area (Å²) in [6.45, 7) is 2.64. The molecule has 5 heteroatoms. The Labute approximate surface area is 110 Å². The van der Waals surface area contributed by atoms with E-state index in [1.807, 2.05) is 24.4 Å². The van der Waals surface area contributed by atoms with Crippen molar-refractivity contribution in [3.8, 4) is 0 Å². The minimum absolute atomic E-state index is 0.0673. The molecule has 0 spiro atoms. The maximum atomic E-state index is 11.6. The second kappa shape index (κ2) is 6.16. The highest BCUT2D eigenvalue weighted by molar-refractivity contribution is 7.11. The molecule has 0 aliphatic rings. The van der Waals surface area contributed by atoms with E-state index in [2.05, 4.69) is 15.3 Å². The Morgan fingerprint density at radius 3 is 3.17 bits per heavy atom. The summed E-state index contributed by atoms with van der Waals surface area (Å²) in [6, 6.07) is 2.04. The predicted molar refractivity (Wildman–Crippen MR) is 73.4 cm³/mol. The largest absolute Gasteiger partial charge is 0.352 e. The lowest BCUT2D eigenvalue weighted by atomic mass is 10.3. The van der Waals surface area contributed by atoms with E-state index in [0.29, 0.717) is 6.54 Å². The lowest BCUT2D eigenvalue weighted by Gasteiger charge is -1.99. The molecule has 2 heterocycles. The van der Waals surface area contributed by atoms with Crippen LogP contribution in [-0.2, 0) is 11.2 Å². The third-order valence-corrected chi connectivity index (χ3v) is 3.52. The van der Waals surface area contributed by atoms with Crippen molar-refractivity contribution in [3.05, 3.63) is 46.2 Å². The SMILES string of the molecule is Cc1ccsc1C=CC(=O)NCCc1cnc[nH]1. The maximum absolute atomic E-state index is 11.6. The van der Waals surface area contributed by atoms with Gasteiger partial charge in [-0.2, -0.15) is 0 Å². The van der Waals surface area contributed by atoms with Crippen molar-refractivity contribution >= 4 is 23.3 Å². The van der Waals surface area contributed by atoms with Crippen molar-refractivity contribution in [1.29, 1.82) is 0 Å². The summed E-state index contributed by atoms with van der Waals surface area (Å²) in [5, 5.41) is 4.85. The van der Waals surface area contributed by atoms with Crippen LogP contribution >= 0.6 is 11.3 Å². The number of hydrogen-bond donors (Lipinski definition) is 2. The number of thiophene rings is 1. The monoisotopic (exact) mass is 261 g/mol. The fourth-order valence-corrected chi connectivity index (χ4v) is 2.33. The van der Waals surface area contributed by atoms with Crippen molar-refractivity contribution in [2.24, 2.45) is 0 Å². The summed E-state index contributed by atoms with van der Waals surface area (Å²) in [7, 11) is 0. The van der Waals surface area contributed by atoms with Gasteiger partial charge in [0.15, 0.2) is 0 Å². The van der Waals surface area contributed by atoms with Crippen LogP contribution in [0.5, 0.6) is 0 Å². The highest BCUT2D eigenvalue weighted by Crippen LogP contribution is 2.16. The van der Waals surface area contributed by atoms with Crippen LogP contribution in [0.1, 0.15) is 16.1 Å². The molecule has 0 radical (unpaired) electrons. The molecule has 0 saturated carbocycles. The fourth-order valence-electron chi connectivity index (χ4n) is 1.51. The molecule has 0 bridgehead atoms. The van der Waals surface area contributed by atoms with Crippen LogP contribution in [0.25, 0.3) is 6.08 Å². The van der Waals surface area contributed by atoms with E-state index in [9.17, 15) is 4.79 Å². The van der Waals surface area contributed by atoms with Gasteiger partial charge in [-0.05, 0) is 30.0 Å². The van der Waals surface area contributed by atoms with E-state index in [0.717, 1.165) is 17.0 Å². The van der Waals surface area contributed by atoms with Crippen molar-refractivity contribution in [1.82, 2.24) is 15.3 Å². The first-order chi connectivity index (χ1) is 8.75. The number of carbonyl (C=O) groups is 1. The van der Waals surface area contributed by atoms with Gasteiger partial charge in [-0.1, -0.05) is 0 Å². The zero-order chi connectivity index (χ0) is 12.8. The molecule has 0 fully saturated rings. The summed E-state index contributed by atoms with van der Waals surface area (Å²) < 4.78 is 0. The average Bonchev–Trinajstić information content (AvgIpc) is 2.98. The maximum Gasteiger partial charge on any atom is 0.244 e. The van der Waals surface area contributed by atoms with Crippen LogP contribution in [0.4, 0.5) is 0 Å². The molecule has 18 heavy (non-hydrogen) atoms. The molecule has 2 aromatic rings. The summed E-state index contributed by atoms with van der Waals surface area (Å²) >= 11 is 1.63.